The van der Waals surface area contributed by atoms with E-state index in [4.69, 9.17) is 21.4 Å². The first kappa shape index (κ1) is 16.4. The molecule has 0 saturated heterocycles. The summed E-state index contributed by atoms with van der Waals surface area (Å²) in [6, 6.07) is 15.6. The van der Waals surface area contributed by atoms with Crippen LogP contribution in [0.2, 0.25) is 5.02 Å². The van der Waals surface area contributed by atoms with E-state index in [0.29, 0.717) is 24.5 Å². The third-order valence-corrected chi connectivity index (χ3v) is 3.59. The van der Waals surface area contributed by atoms with Gasteiger partial charge < -0.3 is 9.84 Å². The van der Waals surface area contributed by atoms with Crippen molar-refractivity contribution in [3.05, 3.63) is 64.7 Å². The van der Waals surface area contributed by atoms with Crippen molar-refractivity contribution in [2.45, 2.75) is 25.7 Å². The molecule has 2 rings (SSSR count). The Morgan fingerprint density at radius 2 is 1.86 bits per heavy atom. The van der Waals surface area contributed by atoms with Gasteiger partial charge in [-0.25, -0.2) is 0 Å². The van der Waals surface area contributed by atoms with Gasteiger partial charge in [0.15, 0.2) is 0 Å². The van der Waals surface area contributed by atoms with Crippen LogP contribution in [0.4, 0.5) is 0 Å². The number of ether oxygens (including phenoxy) is 1. The Balaban J connectivity index is 1.92. The van der Waals surface area contributed by atoms with E-state index in [1.807, 2.05) is 30.3 Å². The summed E-state index contributed by atoms with van der Waals surface area (Å²) in [6.07, 6.45) is 2.20. The largest absolute Gasteiger partial charge is 0.493 e. The zero-order valence-corrected chi connectivity index (χ0v) is 13.1. The molecule has 0 radical (unpaired) electrons. The van der Waals surface area contributed by atoms with Gasteiger partial charge in [-0.1, -0.05) is 41.9 Å². The molecule has 0 spiro atoms. The minimum Gasteiger partial charge on any atom is -0.493 e. The van der Waals surface area contributed by atoms with Crippen molar-refractivity contribution in [2.75, 3.05) is 6.61 Å². The average Bonchev–Trinajstić information content (AvgIpc) is 2.50. The number of carboxylic acids is 1. The lowest BCUT2D eigenvalue weighted by molar-refractivity contribution is -0.137. The van der Waals surface area contributed by atoms with Crippen LogP contribution in [0.5, 0.6) is 5.75 Å². The molecule has 116 valence electrons. The average molecular weight is 319 g/mol. The number of aliphatic carboxylic acids is 1. The number of carboxylic acid groups (broad SMARTS) is 1. The molecule has 0 aliphatic carbocycles. The lowest BCUT2D eigenvalue weighted by Crippen LogP contribution is -2.04. The Hall–Kier alpha value is -2.00. The fourth-order valence-corrected chi connectivity index (χ4v) is 2.43. The molecule has 4 heteroatoms. The van der Waals surface area contributed by atoms with Gasteiger partial charge in [0.1, 0.15) is 5.75 Å². The highest BCUT2D eigenvalue weighted by Gasteiger charge is 2.07. The number of halogens is 1. The number of benzene rings is 2. The van der Waals surface area contributed by atoms with Gasteiger partial charge in [-0.05, 0) is 42.2 Å². The van der Waals surface area contributed by atoms with Crippen molar-refractivity contribution in [2.24, 2.45) is 0 Å². The standard InChI is InChI=1S/C18H19ClO3/c19-16-9-10-17(15(13-16)7-4-8-18(20)21)22-12-11-14-5-2-1-3-6-14/h1-3,5-6,9-10,13H,4,7-8,11-12H2,(H,20,21). The first-order valence-electron chi connectivity index (χ1n) is 7.32. The molecule has 0 aliphatic heterocycles. The van der Waals surface area contributed by atoms with Crippen molar-refractivity contribution in [1.82, 2.24) is 0 Å². The molecule has 0 unspecified atom stereocenters. The quantitative estimate of drug-likeness (QED) is 0.786. The van der Waals surface area contributed by atoms with E-state index in [2.05, 4.69) is 12.1 Å². The molecule has 0 amide bonds. The molecular formula is C18H19ClO3. The fraction of sp³-hybridized carbons (Fsp3) is 0.278. The second-order valence-electron chi connectivity index (χ2n) is 5.08. The van der Waals surface area contributed by atoms with Crippen LogP contribution < -0.4 is 4.74 Å². The van der Waals surface area contributed by atoms with Crippen LogP contribution in [-0.4, -0.2) is 17.7 Å². The summed E-state index contributed by atoms with van der Waals surface area (Å²) in [5, 5.41) is 9.37. The van der Waals surface area contributed by atoms with Gasteiger partial charge in [0.25, 0.3) is 0 Å². The van der Waals surface area contributed by atoms with Gasteiger partial charge in [-0.2, -0.15) is 0 Å². The molecule has 2 aromatic carbocycles. The summed E-state index contributed by atoms with van der Waals surface area (Å²) >= 11 is 6.02. The van der Waals surface area contributed by atoms with Crippen LogP contribution in [0, 0.1) is 0 Å². The Labute approximate surface area is 135 Å². The summed E-state index contributed by atoms with van der Waals surface area (Å²) < 4.78 is 5.85. The Morgan fingerprint density at radius 1 is 1.09 bits per heavy atom. The molecule has 0 heterocycles. The third kappa shape index (κ3) is 5.41. The van der Waals surface area contributed by atoms with E-state index in [0.717, 1.165) is 17.7 Å². The lowest BCUT2D eigenvalue weighted by Gasteiger charge is -2.12. The molecule has 0 bridgehead atoms. The van der Waals surface area contributed by atoms with Crippen molar-refractivity contribution >= 4 is 17.6 Å². The maximum absolute atomic E-state index is 10.6. The van der Waals surface area contributed by atoms with Crippen LogP contribution in [0.15, 0.2) is 48.5 Å². The van der Waals surface area contributed by atoms with E-state index in [9.17, 15) is 4.79 Å². The predicted octanol–water partition coefficient (Wildman–Crippen LogP) is 4.37. The van der Waals surface area contributed by atoms with Crippen LogP contribution >= 0.6 is 11.6 Å². The van der Waals surface area contributed by atoms with E-state index >= 15 is 0 Å². The van der Waals surface area contributed by atoms with Crippen molar-refractivity contribution < 1.29 is 14.6 Å². The minimum atomic E-state index is -0.784. The van der Waals surface area contributed by atoms with Gasteiger partial charge in [-0.15, -0.1) is 0 Å². The molecule has 0 saturated carbocycles. The van der Waals surface area contributed by atoms with E-state index < -0.39 is 5.97 Å². The van der Waals surface area contributed by atoms with Gasteiger partial charge >= 0.3 is 5.97 Å². The summed E-state index contributed by atoms with van der Waals surface area (Å²) in [4.78, 5) is 10.6. The Kier molecular flexibility index (Phi) is 6.28. The van der Waals surface area contributed by atoms with Gasteiger partial charge in [0, 0.05) is 17.9 Å². The molecule has 0 aliphatic rings. The van der Waals surface area contributed by atoms with Gasteiger partial charge in [0.2, 0.25) is 0 Å². The van der Waals surface area contributed by atoms with E-state index in [-0.39, 0.29) is 6.42 Å². The second-order valence-corrected chi connectivity index (χ2v) is 5.52. The molecule has 0 atom stereocenters. The zero-order chi connectivity index (χ0) is 15.8. The monoisotopic (exact) mass is 318 g/mol. The first-order chi connectivity index (χ1) is 10.6. The van der Waals surface area contributed by atoms with Crippen molar-refractivity contribution in [3.63, 3.8) is 0 Å². The highest BCUT2D eigenvalue weighted by atomic mass is 35.5. The number of carbonyl (C=O) groups is 1. The minimum absolute atomic E-state index is 0.149. The maximum atomic E-state index is 10.6. The molecule has 1 N–H and O–H groups in total. The highest BCUT2D eigenvalue weighted by Crippen LogP contribution is 2.25. The Bertz CT molecular complexity index is 611. The Morgan fingerprint density at radius 3 is 2.59 bits per heavy atom. The molecule has 0 fully saturated rings. The van der Waals surface area contributed by atoms with E-state index in [1.165, 1.54) is 5.56 Å². The smallest absolute Gasteiger partial charge is 0.303 e. The zero-order valence-electron chi connectivity index (χ0n) is 12.3. The van der Waals surface area contributed by atoms with Gasteiger partial charge in [0.05, 0.1) is 6.61 Å². The fourth-order valence-electron chi connectivity index (χ4n) is 2.24. The molecule has 2 aromatic rings. The SMILES string of the molecule is O=C(O)CCCc1cc(Cl)ccc1OCCc1ccccc1. The molecule has 3 nitrogen and oxygen atoms in total. The number of hydrogen-bond acceptors (Lipinski definition) is 2. The molecular weight excluding hydrogens is 300 g/mol. The maximum Gasteiger partial charge on any atom is 0.303 e. The number of aryl methyl sites for hydroxylation is 1. The van der Waals surface area contributed by atoms with E-state index in [1.54, 1.807) is 6.07 Å². The van der Waals surface area contributed by atoms with Crippen LogP contribution in [-0.2, 0) is 17.6 Å². The highest BCUT2D eigenvalue weighted by molar-refractivity contribution is 6.30. The summed E-state index contributed by atoms with van der Waals surface area (Å²) in [5.74, 6) is -0.000654. The molecule has 0 aromatic heterocycles. The number of rotatable bonds is 8. The summed E-state index contributed by atoms with van der Waals surface area (Å²) in [6.45, 7) is 0.581. The summed E-state index contributed by atoms with van der Waals surface area (Å²) in [5.41, 5.74) is 2.19. The molecule has 22 heavy (non-hydrogen) atoms. The van der Waals surface area contributed by atoms with Gasteiger partial charge in [-0.3, -0.25) is 4.79 Å². The normalized spacial score (nSPS) is 10.4. The van der Waals surface area contributed by atoms with Crippen molar-refractivity contribution in [3.8, 4) is 5.75 Å². The topological polar surface area (TPSA) is 46.5 Å². The van der Waals surface area contributed by atoms with Crippen LogP contribution in [0.1, 0.15) is 24.0 Å². The second kappa shape index (κ2) is 8.44. The summed E-state index contributed by atoms with van der Waals surface area (Å²) in [7, 11) is 0. The third-order valence-electron chi connectivity index (χ3n) is 3.35. The predicted molar refractivity (Wildman–Crippen MR) is 87.7 cm³/mol. The van der Waals surface area contributed by atoms with Crippen LogP contribution in [0.3, 0.4) is 0 Å². The van der Waals surface area contributed by atoms with Crippen LogP contribution in [0.25, 0.3) is 0 Å². The number of hydrogen-bond donors (Lipinski definition) is 1. The lowest BCUT2D eigenvalue weighted by atomic mass is 10.1. The first-order valence-corrected chi connectivity index (χ1v) is 7.70. The van der Waals surface area contributed by atoms with Crippen molar-refractivity contribution in [1.29, 1.82) is 0 Å².